The van der Waals surface area contributed by atoms with Gasteiger partial charge in [0, 0.05) is 0 Å². The van der Waals surface area contributed by atoms with E-state index >= 15 is 0 Å². The molecule has 1 aliphatic rings. The summed E-state index contributed by atoms with van der Waals surface area (Å²) in [4.78, 5) is 12.9. The van der Waals surface area contributed by atoms with Crippen LogP contribution in [0, 0.1) is 0 Å². The molecule has 128 valence electrons. The summed E-state index contributed by atoms with van der Waals surface area (Å²) in [6.45, 7) is 11.4. The summed E-state index contributed by atoms with van der Waals surface area (Å²) in [7, 11) is 0. The fraction of sp³-hybridized carbons (Fsp3) is 0.650. The number of esters is 1. The molecule has 0 N–H and O–H groups in total. The van der Waals surface area contributed by atoms with Crippen molar-refractivity contribution in [3.05, 3.63) is 35.9 Å². The summed E-state index contributed by atoms with van der Waals surface area (Å²) in [5.41, 5.74) is 0.728. The lowest BCUT2D eigenvalue weighted by Gasteiger charge is -2.36. The first kappa shape index (κ1) is 18.0. The topological polar surface area (TPSA) is 26.3 Å². The van der Waals surface area contributed by atoms with Crippen LogP contribution in [-0.4, -0.2) is 43.2 Å². The van der Waals surface area contributed by atoms with Gasteiger partial charge in [-0.25, -0.2) is 0 Å². The summed E-state index contributed by atoms with van der Waals surface area (Å²) in [5.74, 6) is -0.0115. The SMILES string of the molecule is CC[N+](CC)(CC)CCOC(=O)C1(c2ccccc2)CCCC1. The van der Waals surface area contributed by atoms with Crippen molar-refractivity contribution < 1.29 is 14.0 Å². The molecule has 1 fully saturated rings. The number of hydrogen-bond acceptors (Lipinski definition) is 2. The van der Waals surface area contributed by atoms with E-state index in [9.17, 15) is 4.79 Å². The molecule has 0 saturated heterocycles. The predicted octanol–water partition coefficient (Wildman–Crippen LogP) is 3.92. The fourth-order valence-electron chi connectivity index (χ4n) is 3.96. The van der Waals surface area contributed by atoms with E-state index in [2.05, 4.69) is 32.9 Å². The van der Waals surface area contributed by atoms with Crippen molar-refractivity contribution in [3.8, 4) is 0 Å². The third kappa shape index (κ3) is 3.77. The first-order valence-electron chi connectivity index (χ1n) is 9.20. The van der Waals surface area contributed by atoms with E-state index < -0.39 is 5.41 Å². The summed E-state index contributed by atoms with van der Waals surface area (Å²) < 4.78 is 6.81. The Morgan fingerprint density at radius 3 is 2.13 bits per heavy atom. The normalized spacial score (nSPS) is 17.2. The van der Waals surface area contributed by atoms with Gasteiger partial charge in [-0.05, 0) is 39.2 Å². The molecule has 1 saturated carbocycles. The van der Waals surface area contributed by atoms with Crippen molar-refractivity contribution >= 4 is 5.97 Å². The van der Waals surface area contributed by atoms with Crippen LogP contribution in [0.15, 0.2) is 30.3 Å². The Morgan fingerprint density at radius 1 is 1.04 bits per heavy atom. The van der Waals surface area contributed by atoms with Crippen molar-refractivity contribution in [1.29, 1.82) is 0 Å². The van der Waals surface area contributed by atoms with Crippen molar-refractivity contribution in [2.24, 2.45) is 0 Å². The zero-order valence-corrected chi connectivity index (χ0v) is 15.0. The summed E-state index contributed by atoms with van der Waals surface area (Å²) in [6, 6.07) is 10.2. The number of benzene rings is 1. The Bertz CT molecular complexity index is 479. The van der Waals surface area contributed by atoms with Gasteiger partial charge in [0.2, 0.25) is 0 Å². The number of carbonyl (C=O) groups excluding carboxylic acids is 1. The lowest BCUT2D eigenvalue weighted by Crippen LogP contribution is -2.50. The van der Waals surface area contributed by atoms with Crippen LogP contribution in [0.3, 0.4) is 0 Å². The molecule has 0 spiro atoms. The molecule has 1 aromatic rings. The molecule has 0 amide bonds. The van der Waals surface area contributed by atoms with E-state index in [4.69, 9.17) is 4.74 Å². The molecule has 1 aromatic carbocycles. The van der Waals surface area contributed by atoms with Gasteiger partial charge in [0.15, 0.2) is 0 Å². The second-order valence-electron chi connectivity index (χ2n) is 6.81. The van der Waals surface area contributed by atoms with Crippen LogP contribution in [0.5, 0.6) is 0 Å². The number of nitrogens with zero attached hydrogens (tertiary/aromatic N) is 1. The highest BCUT2D eigenvalue weighted by Gasteiger charge is 2.44. The number of quaternary nitrogens is 1. The van der Waals surface area contributed by atoms with Crippen molar-refractivity contribution in [2.75, 3.05) is 32.8 Å². The standard InChI is InChI=1S/C20H32NO2/c1-4-21(5-2,6-3)16-17-23-19(22)20(14-10-11-15-20)18-12-8-7-9-13-18/h7-9,12-13H,4-6,10-11,14-17H2,1-3H3/q+1. The van der Waals surface area contributed by atoms with Gasteiger partial charge in [0.25, 0.3) is 0 Å². The van der Waals surface area contributed by atoms with Crippen LogP contribution in [0.2, 0.25) is 0 Å². The molecule has 0 heterocycles. The highest BCUT2D eigenvalue weighted by atomic mass is 16.5. The monoisotopic (exact) mass is 318 g/mol. The van der Waals surface area contributed by atoms with Crippen LogP contribution in [-0.2, 0) is 14.9 Å². The second kappa shape index (κ2) is 7.96. The summed E-state index contributed by atoms with van der Waals surface area (Å²) in [5, 5.41) is 0. The highest BCUT2D eigenvalue weighted by Crippen LogP contribution is 2.42. The Morgan fingerprint density at radius 2 is 1.61 bits per heavy atom. The maximum absolute atomic E-state index is 12.9. The number of ether oxygens (including phenoxy) is 1. The molecule has 2 rings (SSSR count). The van der Waals surface area contributed by atoms with Crippen molar-refractivity contribution in [2.45, 2.75) is 51.9 Å². The maximum Gasteiger partial charge on any atom is 0.316 e. The smallest absolute Gasteiger partial charge is 0.316 e. The Labute approximate surface area is 141 Å². The van der Waals surface area contributed by atoms with Gasteiger partial charge in [0.1, 0.15) is 13.2 Å². The van der Waals surface area contributed by atoms with Gasteiger partial charge in [-0.15, -0.1) is 0 Å². The summed E-state index contributed by atoms with van der Waals surface area (Å²) >= 11 is 0. The zero-order chi connectivity index (χ0) is 16.8. The molecular weight excluding hydrogens is 286 g/mol. The van der Waals surface area contributed by atoms with E-state index in [0.29, 0.717) is 6.61 Å². The first-order valence-corrected chi connectivity index (χ1v) is 9.20. The largest absolute Gasteiger partial charge is 0.459 e. The van der Waals surface area contributed by atoms with Gasteiger partial charge in [-0.3, -0.25) is 4.79 Å². The number of rotatable bonds is 8. The van der Waals surface area contributed by atoms with Crippen LogP contribution in [0.1, 0.15) is 52.0 Å². The lowest BCUT2D eigenvalue weighted by molar-refractivity contribution is -0.923. The molecule has 0 unspecified atom stereocenters. The van der Waals surface area contributed by atoms with E-state index in [1.54, 1.807) is 0 Å². The van der Waals surface area contributed by atoms with Gasteiger partial charge in [-0.1, -0.05) is 43.2 Å². The minimum Gasteiger partial charge on any atom is -0.459 e. The molecule has 3 nitrogen and oxygen atoms in total. The number of hydrogen-bond donors (Lipinski definition) is 0. The van der Waals surface area contributed by atoms with Gasteiger partial charge in [-0.2, -0.15) is 0 Å². The molecule has 0 bridgehead atoms. The zero-order valence-electron chi connectivity index (χ0n) is 15.0. The Balaban J connectivity index is 2.03. The molecular formula is C20H32NO2+. The van der Waals surface area contributed by atoms with Crippen molar-refractivity contribution in [3.63, 3.8) is 0 Å². The average Bonchev–Trinajstić information content (AvgIpc) is 3.11. The van der Waals surface area contributed by atoms with Gasteiger partial charge >= 0.3 is 5.97 Å². The number of carbonyl (C=O) groups is 1. The van der Waals surface area contributed by atoms with Crippen LogP contribution in [0.25, 0.3) is 0 Å². The third-order valence-electron chi connectivity index (χ3n) is 5.99. The first-order chi connectivity index (χ1) is 11.1. The molecule has 1 aliphatic carbocycles. The van der Waals surface area contributed by atoms with Crippen molar-refractivity contribution in [1.82, 2.24) is 0 Å². The Kier molecular flexibility index (Phi) is 6.23. The fourth-order valence-corrected chi connectivity index (χ4v) is 3.96. The van der Waals surface area contributed by atoms with E-state index in [1.165, 1.54) is 0 Å². The van der Waals surface area contributed by atoms with Gasteiger partial charge in [0.05, 0.1) is 25.0 Å². The van der Waals surface area contributed by atoms with E-state index in [1.807, 2.05) is 18.2 Å². The summed E-state index contributed by atoms with van der Waals surface area (Å²) in [6.07, 6.45) is 4.07. The van der Waals surface area contributed by atoms with E-state index in [-0.39, 0.29) is 5.97 Å². The number of likely N-dealkylation sites (N-methyl/N-ethyl adjacent to an activating group) is 1. The van der Waals surface area contributed by atoms with Gasteiger partial charge < -0.3 is 9.22 Å². The van der Waals surface area contributed by atoms with Crippen LogP contribution >= 0.6 is 0 Å². The molecule has 3 heteroatoms. The minimum absolute atomic E-state index is 0.0115. The second-order valence-corrected chi connectivity index (χ2v) is 6.81. The molecule has 0 aliphatic heterocycles. The average molecular weight is 318 g/mol. The van der Waals surface area contributed by atoms with Crippen LogP contribution < -0.4 is 0 Å². The molecule has 23 heavy (non-hydrogen) atoms. The predicted molar refractivity (Wildman–Crippen MR) is 94.3 cm³/mol. The van der Waals surface area contributed by atoms with Crippen LogP contribution in [0.4, 0.5) is 0 Å². The molecule has 0 atom stereocenters. The molecule has 0 aromatic heterocycles. The highest BCUT2D eigenvalue weighted by molar-refractivity contribution is 5.83. The quantitative estimate of drug-likeness (QED) is 0.536. The Hall–Kier alpha value is -1.35. The minimum atomic E-state index is -0.401. The molecule has 0 radical (unpaired) electrons. The lowest BCUT2D eigenvalue weighted by atomic mass is 9.79. The third-order valence-corrected chi connectivity index (χ3v) is 5.99. The van der Waals surface area contributed by atoms with E-state index in [0.717, 1.165) is 61.9 Å². The maximum atomic E-state index is 12.9.